The number of fused-ring (bicyclic) bond motifs is 1. The standard InChI is InChI=1S/C24H15ClF3NO6/c25-13-2-1-3-16(10-13)34-17-8-9-19-18(11-17)22(23(32)33)20(12-21(30)31)29(19)14-4-6-15(7-5-14)35-24(26,27)28/h1-11H,12H2,(H,30,31)(H,32,33). The lowest BCUT2D eigenvalue weighted by molar-refractivity contribution is -0.274. The van der Waals surface area contributed by atoms with Crippen LogP contribution < -0.4 is 9.47 Å². The molecule has 1 aromatic heterocycles. The number of rotatable bonds is 7. The maximum atomic E-state index is 12.5. The molecule has 11 heteroatoms. The second-order valence-corrected chi connectivity index (χ2v) is 7.75. The molecule has 1 heterocycles. The molecule has 3 aromatic carbocycles. The maximum absolute atomic E-state index is 12.5. The Morgan fingerprint density at radius 3 is 2.17 bits per heavy atom. The van der Waals surface area contributed by atoms with Gasteiger partial charge in [-0.05, 0) is 60.7 Å². The van der Waals surface area contributed by atoms with E-state index in [1.165, 1.54) is 28.8 Å². The fourth-order valence-electron chi connectivity index (χ4n) is 3.69. The quantitative estimate of drug-likeness (QED) is 0.306. The van der Waals surface area contributed by atoms with Crippen LogP contribution in [0.3, 0.4) is 0 Å². The Bertz CT molecular complexity index is 1430. The first-order chi connectivity index (χ1) is 16.5. The predicted octanol–water partition coefficient (Wildman–Crippen LogP) is 6.30. The first kappa shape index (κ1) is 24.0. The third-order valence-electron chi connectivity index (χ3n) is 4.93. The normalized spacial score (nSPS) is 11.4. The van der Waals surface area contributed by atoms with Crippen molar-refractivity contribution in [2.45, 2.75) is 12.8 Å². The summed E-state index contributed by atoms with van der Waals surface area (Å²) >= 11 is 5.97. The first-order valence-corrected chi connectivity index (χ1v) is 10.3. The monoisotopic (exact) mass is 505 g/mol. The number of alkyl halides is 3. The molecule has 4 rings (SSSR count). The Balaban J connectivity index is 1.87. The van der Waals surface area contributed by atoms with Crippen LogP contribution in [0, 0.1) is 0 Å². The molecule has 0 radical (unpaired) electrons. The van der Waals surface area contributed by atoms with Gasteiger partial charge in [0.05, 0.1) is 17.5 Å². The number of hydrogen-bond acceptors (Lipinski definition) is 4. The van der Waals surface area contributed by atoms with Crippen molar-refractivity contribution in [3.05, 3.63) is 83.0 Å². The molecule has 0 aliphatic heterocycles. The summed E-state index contributed by atoms with van der Waals surface area (Å²) in [5.74, 6) is -2.46. The smallest absolute Gasteiger partial charge is 0.481 e. The van der Waals surface area contributed by atoms with Crippen molar-refractivity contribution in [1.29, 1.82) is 0 Å². The van der Waals surface area contributed by atoms with Crippen LogP contribution >= 0.6 is 11.6 Å². The van der Waals surface area contributed by atoms with E-state index in [1.54, 1.807) is 30.3 Å². The van der Waals surface area contributed by atoms with Gasteiger partial charge in [0.1, 0.15) is 17.2 Å². The van der Waals surface area contributed by atoms with E-state index < -0.39 is 30.5 Å². The lowest BCUT2D eigenvalue weighted by atomic mass is 10.1. The third kappa shape index (κ3) is 5.33. The van der Waals surface area contributed by atoms with E-state index in [0.29, 0.717) is 16.3 Å². The van der Waals surface area contributed by atoms with E-state index in [2.05, 4.69) is 4.74 Å². The number of benzene rings is 3. The fourth-order valence-corrected chi connectivity index (χ4v) is 3.87. The molecule has 35 heavy (non-hydrogen) atoms. The van der Waals surface area contributed by atoms with Crippen molar-refractivity contribution in [2.75, 3.05) is 0 Å². The Morgan fingerprint density at radius 1 is 0.914 bits per heavy atom. The minimum atomic E-state index is -4.88. The molecule has 0 aliphatic carbocycles. The lowest BCUT2D eigenvalue weighted by Crippen LogP contribution is -2.17. The van der Waals surface area contributed by atoms with Gasteiger partial charge in [-0.3, -0.25) is 4.79 Å². The van der Waals surface area contributed by atoms with Crippen LogP contribution in [0.1, 0.15) is 16.1 Å². The van der Waals surface area contributed by atoms with Crippen LogP contribution in [0.25, 0.3) is 16.6 Å². The highest BCUT2D eigenvalue weighted by molar-refractivity contribution is 6.30. The Labute approximate surface area is 200 Å². The van der Waals surface area contributed by atoms with E-state index >= 15 is 0 Å². The average Bonchev–Trinajstić information content (AvgIpc) is 3.05. The van der Waals surface area contributed by atoms with E-state index in [4.69, 9.17) is 16.3 Å². The van der Waals surface area contributed by atoms with E-state index in [0.717, 1.165) is 12.1 Å². The highest BCUT2D eigenvalue weighted by Crippen LogP contribution is 2.35. The summed E-state index contributed by atoms with van der Waals surface area (Å²) < 4.78 is 48.6. The summed E-state index contributed by atoms with van der Waals surface area (Å²) in [6.45, 7) is 0. The number of ether oxygens (including phenoxy) is 2. The van der Waals surface area contributed by atoms with Gasteiger partial charge in [-0.2, -0.15) is 0 Å². The SMILES string of the molecule is O=C(O)Cc1c(C(=O)O)c2cc(Oc3cccc(Cl)c3)ccc2n1-c1ccc(OC(F)(F)F)cc1. The summed E-state index contributed by atoms with van der Waals surface area (Å²) in [5, 5.41) is 20.0. The van der Waals surface area contributed by atoms with Gasteiger partial charge >= 0.3 is 18.3 Å². The van der Waals surface area contributed by atoms with Gasteiger partial charge < -0.3 is 24.3 Å². The van der Waals surface area contributed by atoms with Crippen LogP contribution in [-0.2, 0) is 11.2 Å². The van der Waals surface area contributed by atoms with Crippen molar-refractivity contribution in [3.63, 3.8) is 0 Å². The van der Waals surface area contributed by atoms with E-state index in [9.17, 15) is 33.0 Å². The largest absolute Gasteiger partial charge is 0.573 e. The molecular formula is C24H15ClF3NO6. The molecule has 4 aromatic rings. The summed E-state index contributed by atoms with van der Waals surface area (Å²) in [7, 11) is 0. The van der Waals surface area contributed by atoms with Crippen LogP contribution in [0.2, 0.25) is 5.02 Å². The van der Waals surface area contributed by atoms with Gasteiger partial charge in [0, 0.05) is 21.8 Å². The molecule has 0 fully saturated rings. The van der Waals surface area contributed by atoms with Crippen LogP contribution in [0.5, 0.6) is 17.2 Å². The topological polar surface area (TPSA) is 98.0 Å². The number of aromatic nitrogens is 1. The van der Waals surface area contributed by atoms with Gasteiger partial charge in [0.2, 0.25) is 0 Å². The van der Waals surface area contributed by atoms with Crippen LogP contribution in [0.15, 0.2) is 66.7 Å². The molecule has 0 atom stereocenters. The van der Waals surface area contributed by atoms with Crippen molar-refractivity contribution >= 4 is 34.4 Å². The molecule has 0 unspecified atom stereocenters. The minimum absolute atomic E-state index is 0.0654. The number of carboxylic acids is 2. The Morgan fingerprint density at radius 2 is 1.57 bits per heavy atom. The maximum Gasteiger partial charge on any atom is 0.573 e. The second kappa shape index (κ2) is 9.22. The number of aromatic carboxylic acids is 1. The summed E-state index contributed by atoms with van der Waals surface area (Å²) in [6, 6.07) is 15.7. The molecule has 7 nitrogen and oxygen atoms in total. The third-order valence-corrected chi connectivity index (χ3v) is 5.16. The van der Waals surface area contributed by atoms with E-state index in [-0.39, 0.29) is 28.1 Å². The molecule has 0 bridgehead atoms. The molecule has 0 aliphatic rings. The van der Waals surface area contributed by atoms with Crippen molar-refractivity contribution in [2.24, 2.45) is 0 Å². The number of hydrogen-bond donors (Lipinski definition) is 2. The molecule has 0 saturated carbocycles. The van der Waals surface area contributed by atoms with Gasteiger partial charge in [0.15, 0.2) is 0 Å². The molecule has 0 amide bonds. The highest BCUT2D eigenvalue weighted by Gasteiger charge is 2.31. The molecular weight excluding hydrogens is 491 g/mol. The van der Waals surface area contributed by atoms with Gasteiger partial charge in [-0.15, -0.1) is 13.2 Å². The number of carbonyl (C=O) groups is 2. The molecule has 180 valence electrons. The van der Waals surface area contributed by atoms with Gasteiger partial charge in [-0.1, -0.05) is 17.7 Å². The predicted molar refractivity (Wildman–Crippen MR) is 120 cm³/mol. The summed E-state index contributed by atoms with van der Waals surface area (Å²) in [6.07, 6.45) is -5.53. The fraction of sp³-hybridized carbons (Fsp3) is 0.0833. The zero-order valence-corrected chi connectivity index (χ0v) is 18.3. The average molecular weight is 506 g/mol. The number of nitrogens with zero attached hydrogens (tertiary/aromatic N) is 1. The van der Waals surface area contributed by atoms with E-state index in [1.807, 2.05) is 0 Å². The zero-order chi connectivity index (χ0) is 25.3. The van der Waals surface area contributed by atoms with Gasteiger partial charge in [0.25, 0.3) is 0 Å². The summed E-state index contributed by atoms with van der Waals surface area (Å²) in [4.78, 5) is 23.7. The van der Waals surface area contributed by atoms with Gasteiger partial charge in [-0.25, -0.2) is 4.79 Å². The Hall–Kier alpha value is -4.18. The lowest BCUT2D eigenvalue weighted by Gasteiger charge is -2.13. The van der Waals surface area contributed by atoms with Crippen molar-refractivity contribution in [1.82, 2.24) is 4.57 Å². The minimum Gasteiger partial charge on any atom is -0.481 e. The van der Waals surface area contributed by atoms with Crippen LogP contribution in [-0.4, -0.2) is 33.1 Å². The Kier molecular flexibility index (Phi) is 6.31. The summed E-state index contributed by atoms with van der Waals surface area (Å²) in [5.41, 5.74) is 0.234. The van der Waals surface area contributed by atoms with Crippen LogP contribution in [0.4, 0.5) is 13.2 Å². The molecule has 0 spiro atoms. The number of carboxylic acid groups (broad SMARTS) is 2. The first-order valence-electron chi connectivity index (χ1n) is 9.94. The number of halogens is 4. The second-order valence-electron chi connectivity index (χ2n) is 7.31. The molecule has 2 N–H and O–H groups in total. The molecule has 0 saturated heterocycles. The zero-order valence-electron chi connectivity index (χ0n) is 17.5. The van der Waals surface area contributed by atoms with Crippen molar-refractivity contribution in [3.8, 4) is 22.9 Å². The number of aliphatic carboxylic acids is 1. The van der Waals surface area contributed by atoms with Crippen molar-refractivity contribution < 1.29 is 42.4 Å². The highest BCUT2D eigenvalue weighted by atomic mass is 35.5.